The molecular formula is C22H28N4O3. The highest BCUT2D eigenvalue weighted by Gasteiger charge is 2.52. The number of urea groups is 1. The topological polar surface area (TPSA) is 83.4 Å². The second-order valence-corrected chi connectivity index (χ2v) is 8.61. The zero-order valence-corrected chi connectivity index (χ0v) is 17.0. The molecule has 0 unspecified atom stereocenters. The molecule has 2 aliphatic rings. The molecule has 154 valence electrons. The van der Waals surface area contributed by atoms with Gasteiger partial charge in [-0.2, -0.15) is 0 Å². The van der Waals surface area contributed by atoms with Gasteiger partial charge in [0.2, 0.25) is 5.91 Å². The predicted molar refractivity (Wildman–Crippen MR) is 111 cm³/mol. The van der Waals surface area contributed by atoms with Crippen LogP contribution in [0.1, 0.15) is 46.0 Å². The lowest BCUT2D eigenvalue weighted by Crippen LogP contribution is -2.44. The molecule has 0 bridgehead atoms. The van der Waals surface area contributed by atoms with Crippen LogP contribution >= 0.6 is 0 Å². The average molecular weight is 396 g/mol. The van der Waals surface area contributed by atoms with E-state index in [1.54, 1.807) is 0 Å². The van der Waals surface area contributed by atoms with Gasteiger partial charge < -0.3 is 15.2 Å². The lowest BCUT2D eigenvalue weighted by atomic mass is 9.98. The van der Waals surface area contributed by atoms with E-state index in [0.29, 0.717) is 24.4 Å². The molecule has 1 aromatic carbocycles. The Balaban J connectivity index is 1.36. The number of nitrogens with zero attached hydrogens (tertiary/aromatic N) is 2. The Morgan fingerprint density at radius 3 is 2.69 bits per heavy atom. The molecule has 0 atom stereocenters. The lowest BCUT2D eigenvalue weighted by Gasteiger charge is -2.19. The number of anilines is 1. The highest BCUT2D eigenvalue weighted by Crippen LogP contribution is 2.35. The molecule has 4 rings (SSSR count). The van der Waals surface area contributed by atoms with E-state index in [-0.39, 0.29) is 30.8 Å². The Kier molecular flexibility index (Phi) is 5.06. The molecule has 7 nitrogen and oxygen atoms in total. The first kappa shape index (κ1) is 19.5. The summed E-state index contributed by atoms with van der Waals surface area (Å²) in [5, 5.41) is 6.79. The maximum atomic E-state index is 12.6. The molecule has 0 radical (unpaired) electrons. The zero-order chi connectivity index (χ0) is 20.6. The Morgan fingerprint density at radius 2 is 1.97 bits per heavy atom. The van der Waals surface area contributed by atoms with Gasteiger partial charge >= 0.3 is 6.03 Å². The Labute approximate surface area is 170 Å². The number of carbonyl (C=O) groups excluding carboxylic acids is 3. The maximum absolute atomic E-state index is 12.6. The van der Waals surface area contributed by atoms with E-state index in [4.69, 9.17) is 0 Å². The summed E-state index contributed by atoms with van der Waals surface area (Å²) < 4.78 is 2.21. The Morgan fingerprint density at radius 1 is 1.21 bits per heavy atom. The number of hydrogen-bond donors (Lipinski definition) is 2. The molecule has 1 saturated heterocycles. The number of nitrogens with one attached hydrogen (secondary N) is 2. The molecule has 2 N–H and O–H groups in total. The van der Waals surface area contributed by atoms with Gasteiger partial charge in [-0.05, 0) is 43.0 Å². The molecular weight excluding hydrogens is 368 g/mol. The first-order valence-electron chi connectivity index (χ1n) is 10.4. The summed E-state index contributed by atoms with van der Waals surface area (Å²) in [5.41, 5.74) is 1.13. The molecule has 29 heavy (non-hydrogen) atoms. The van der Waals surface area contributed by atoms with Crippen molar-refractivity contribution in [1.82, 2.24) is 14.8 Å². The number of benzene rings is 1. The van der Waals surface area contributed by atoms with Crippen LogP contribution in [0.15, 0.2) is 30.5 Å². The fourth-order valence-electron chi connectivity index (χ4n) is 4.46. The quantitative estimate of drug-likeness (QED) is 0.733. The smallest absolute Gasteiger partial charge is 0.325 e. The number of fused-ring (bicyclic) bond motifs is 1. The third kappa shape index (κ3) is 3.73. The number of carbonyl (C=O) groups is 3. The molecule has 1 aliphatic heterocycles. The molecule has 2 aromatic rings. The van der Waals surface area contributed by atoms with Crippen molar-refractivity contribution < 1.29 is 14.4 Å². The molecule has 1 aliphatic carbocycles. The number of imide groups is 1. The van der Waals surface area contributed by atoms with E-state index in [1.807, 2.05) is 24.3 Å². The largest absolute Gasteiger partial charge is 0.347 e. The summed E-state index contributed by atoms with van der Waals surface area (Å²) in [6.45, 7) is 5.41. The molecule has 1 aromatic heterocycles. The minimum Gasteiger partial charge on any atom is -0.347 e. The minimum atomic E-state index is -0.720. The zero-order valence-electron chi connectivity index (χ0n) is 17.0. The second-order valence-electron chi connectivity index (χ2n) is 8.61. The summed E-state index contributed by atoms with van der Waals surface area (Å²) in [6.07, 6.45) is 5.42. The monoisotopic (exact) mass is 396 g/mol. The van der Waals surface area contributed by atoms with Crippen molar-refractivity contribution in [3.8, 4) is 0 Å². The number of amides is 4. The van der Waals surface area contributed by atoms with Gasteiger partial charge in [0.15, 0.2) is 0 Å². The first-order chi connectivity index (χ1) is 13.9. The standard InChI is InChI=1S/C22H28N4O3/c1-15(2)14-25-11-7-16-13-17(5-6-18(16)25)23-19(27)8-12-26-20(28)22(24-21(26)29)9-3-4-10-22/h5-7,11,13,15H,3-4,8-10,12,14H2,1-2H3,(H,23,27)(H,24,29). The average Bonchev–Trinajstić information content (AvgIpc) is 3.34. The van der Waals surface area contributed by atoms with Crippen LogP contribution in [0.4, 0.5) is 10.5 Å². The number of rotatable bonds is 6. The van der Waals surface area contributed by atoms with Crippen molar-refractivity contribution in [2.75, 3.05) is 11.9 Å². The molecule has 1 spiro atoms. The van der Waals surface area contributed by atoms with Crippen LogP contribution in [0.5, 0.6) is 0 Å². The van der Waals surface area contributed by atoms with Gasteiger partial charge in [-0.1, -0.05) is 26.7 Å². The van der Waals surface area contributed by atoms with Gasteiger partial charge in [0.25, 0.3) is 5.91 Å². The normalized spacial score (nSPS) is 18.2. The van der Waals surface area contributed by atoms with Crippen LogP contribution in [-0.4, -0.2) is 39.4 Å². The summed E-state index contributed by atoms with van der Waals surface area (Å²) in [6, 6.07) is 7.51. The maximum Gasteiger partial charge on any atom is 0.325 e. The Bertz CT molecular complexity index is 956. The van der Waals surface area contributed by atoms with Crippen LogP contribution < -0.4 is 10.6 Å². The van der Waals surface area contributed by atoms with Gasteiger partial charge in [0, 0.05) is 42.3 Å². The lowest BCUT2D eigenvalue weighted by molar-refractivity contribution is -0.131. The summed E-state index contributed by atoms with van der Waals surface area (Å²) in [4.78, 5) is 38.4. The molecule has 2 heterocycles. The van der Waals surface area contributed by atoms with Crippen molar-refractivity contribution in [2.24, 2.45) is 5.92 Å². The van der Waals surface area contributed by atoms with Crippen LogP contribution in [0.3, 0.4) is 0 Å². The number of hydrogen-bond acceptors (Lipinski definition) is 3. The van der Waals surface area contributed by atoms with Crippen LogP contribution in [0, 0.1) is 5.92 Å². The van der Waals surface area contributed by atoms with E-state index < -0.39 is 5.54 Å². The Hall–Kier alpha value is -2.83. The van der Waals surface area contributed by atoms with E-state index in [9.17, 15) is 14.4 Å². The van der Waals surface area contributed by atoms with Crippen LogP contribution in [0.2, 0.25) is 0 Å². The van der Waals surface area contributed by atoms with Crippen LogP contribution in [-0.2, 0) is 16.1 Å². The summed E-state index contributed by atoms with van der Waals surface area (Å²) in [5.74, 6) is 0.165. The van der Waals surface area contributed by atoms with Gasteiger partial charge in [-0.15, -0.1) is 0 Å². The van der Waals surface area contributed by atoms with Gasteiger partial charge in [-0.25, -0.2) is 4.79 Å². The van der Waals surface area contributed by atoms with Crippen LogP contribution in [0.25, 0.3) is 10.9 Å². The van der Waals surface area contributed by atoms with E-state index in [1.165, 1.54) is 4.90 Å². The van der Waals surface area contributed by atoms with Gasteiger partial charge in [0.05, 0.1) is 0 Å². The summed E-state index contributed by atoms with van der Waals surface area (Å²) in [7, 11) is 0. The highest BCUT2D eigenvalue weighted by atomic mass is 16.2. The molecule has 4 amide bonds. The SMILES string of the molecule is CC(C)Cn1ccc2cc(NC(=O)CCN3C(=O)NC4(CCCC4)C3=O)ccc21. The second kappa shape index (κ2) is 7.54. The third-order valence-electron chi connectivity index (χ3n) is 5.88. The van der Waals surface area contributed by atoms with Crippen molar-refractivity contribution in [2.45, 2.75) is 58.0 Å². The predicted octanol–water partition coefficient (Wildman–Crippen LogP) is 3.49. The minimum absolute atomic E-state index is 0.0850. The van der Waals surface area contributed by atoms with Gasteiger partial charge in [0.1, 0.15) is 5.54 Å². The van der Waals surface area contributed by atoms with Crippen molar-refractivity contribution >= 4 is 34.4 Å². The third-order valence-corrected chi connectivity index (χ3v) is 5.88. The van der Waals surface area contributed by atoms with E-state index in [2.05, 4.69) is 35.2 Å². The molecule has 2 fully saturated rings. The molecule has 7 heteroatoms. The summed E-state index contributed by atoms with van der Waals surface area (Å²) >= 11 is 0. The van der Waals surface area contributed by atoms with Crippen molar-refractivity contribution in [1.29, 1.82) is 0 Å². The van der Waals surface area contributed by atoms with E-state index >= 15 is 0 Å². The van der Waals surface area contributed by atoms with Crippen molar-refractivity contribution in [3.05, 3.63) is 30.5 Å². The fourth-order valence-corrected chi connectivity index (χ4v) is 4.46. The highest BCUT2D eigenvalue weighted by molar-refractivity contribution is 6.07. The van der Waals surface area contributed by atoms with Crippen molar-refractivity contribution in [3.63, 3.8) is 0 Å². The number of aromatic nitrogens is 1. The molecule has 1 saturated carbocycles. The van der Waals surface area contributed by atoms with E-state index in [0.717, 1.165) is 30.3 Å². The first-order valence-corrected chi connectivity index (χ1v) is 10.4. The fraction of sp³-hybridized carbons (Fsp3) is 0.500. The van der Waals surface area contributed by atoms with Gasteiger partial charge in [-0.3, -0.25) is 14.5 Å².